The Labute approximate surface area is 205 Å². The zero-order valence-electron chi connectivity index (χ0n) is 20.1. The zero-order valence-corrected chi connectivity index (χ0v) is 20.1. The molecule has 0 spiro atoms. The maximum atomic E-state index is 14.0. The SMILES string of the molecule is O=C(NCc1ccccc1F)c1cn(C[C@@H]2CCCO2)cc(C(=O)NC2CCCCCCC2)c1=O. The number of amides is 2. The first-order valence-electron chi connectivity index (χ1n) is 12.7. The topological polar surface area (TPSA) is 89.4 Å². The van der Waals surface area contributed by atoms with Crippen LogP contribution in [0.4, 0.5) is 4.39 Å². The smallest absolute Gasteiger partial charge is 0.257 e. The third-order valence-electron chi connectivity index (χ3n) is 6.84. The molecule has 1 atom stereocenters. The lowest BCUT2D eigenvalue weighted by Gasteiger charge is -2.21. The van der Waals surface area contributed by atoms with Crippen LogP contribution in [0.15, 0.2) is 41.5 Å². The number of aromatic nitrogens is 1. The number of ether oxygens (including phenoxy) is 1. The molecule has 2 heterocycles. The van der Waals surface area contributed by atoms with Gasteiger partial charge in [0.2, 0.25) is 5.43 Å². The number of benzene rings is 1. The van der Waals surface area contributed by atoms with Gasteiger partial charge in [-0.2, -0.15) is 0 Å². The first-order chi connectivity index (χ1) is 17.0. The molecule has 0 bridgehead atoms. The van der Waals surface area contributed by atoms with Crippen molar-refractivity contribution in [2.24, 2.45) is 0 Å². The van der Waals surface area contributed by atoms with Crippen molar-refractivity contribution in [3.8, 4) is 0 Å². The Bertz CT molecular complexity index is 1090. The lowest BCUT2D eigenvalue weighted by molar-refractivity contribution is 0.0914. The molecular weight excluding hydrogens is 449 g/mol. The quantitative estimate of drug-likeness (QED) is 0.624. The second kappa shape index (κ2) is 12.1. The van der Waals surface area contributed by atoms with Crippen LogP contribution in [0.25, 0.3) is 0 Å². The van der Waals surface area contributed by atoms with Gasteiger partial charge in [-0.05, 0) is 31.7 Å². The molecule has 0 unspecified atom stereocenters. The van der Waals surface area contributed by atoms with E-state index in [1.165, 1.54) is 24.9 Å². The van der Waals surface area contributed by atoms with Gasteiger partial charge in [-0.1, -0.05) is 50.3 Å². The van der Waals surface area contributed by atoms with Crippen LogP contribution in [0.3, 0.4) is 0 Å². The Balaban J connectivity index is 1.56. The number of rotatable bonds is 7. The van der Waals surface area contributed by atoms with Crippen LogP contribution in [-0.4, -0.2) is 35.1 Å². The Kier molecular flexibility index (Phi) is 8.69. The number of halogens is 1. The second-order valence-corrected chi connectivity index (χ2v) is 9.54. The number of carbonyl (C=O) groups excluding carboxylic acids is 2. The molecule has 8 heteroatoms. The van der Waals surface area contributed by atoms with Crippen LogP contribution in [0.5, 0.6) is 0 Å². The number of nitrogens with one attached hydrogen (secondary N) is 2. The Morgan fingerprint density at radius 1 is 0.943 bits per heavy atom. The van der Waals surface area contributed by atoms with Crippen molar-refractivity contribution >= 4 is 11.8 Å². The summed E-state index contributed by atoms with van der Waals surface area (Å²) in [5.74, 6) is -1.53. The molecule has 2 aliphatic rings. The largest absolute Gasteiger partial charge is 0.376 e. The molecule has 4 rings (SSSR count). The van der Waals surface area contributed by atoms with Crippen LogP contribution in [0, 0.1) is 5.82 Å². The molecule has 1 aliphatic heterocycles. The number of nitrogens with zero attached hydrogens (tertiary/aromatic N) is 1. The van der Waals surface area contributed by atoms with Gasteiger partial charge in [-0.25, -0.2) is 4.39 Å². The molecule has 1 aromatic carbocycles. The summed E-state index contributed by atoms with van der Waals surface area (Å²) in [5, 5.41) is 5.66. The number of pyridine rings is 1. The molecule has 2 amide bonds. The first-order valence-corrected chi connectivity index (χ1v) is 12.7. The van der Waals surface area contributed by atoms with Gasteiger partial charge < -0.3 is 19.9 Å². The lowest BCUT2D eigenvalue weighted by atomic mass is 9.96. The van der Waals surface area contributed by atoms with Crippen LogP contribution >= 0.6 is 0 Å². The highest BCUT2D eigenvalue weighted by atomic mass is 19.1. The highest BCUT2D eigenvalue weighted by Gasteiger charge is 2.24. The molecule has 1 saturated heterocycles. The van der Waals surface area contributed by atoms with Gasteiger partial charge in [-0.3, -0.25) is 14.4 Å². The number of hydrogen-bond donors (Lipinski definition) is 2. The minimum atomic E-state index is -0.639. The average Bonchev–Trinajstić information content (AvgIpc) is 3.34. The van der Waals surface area contributed by atoms with Crippen molar-refractivity contribution in [2.75, 3.05) is 6.61 Å². The Hall–Kier alpha value is -3.00. The molecular formula is C27H34FN3O4. The van der Waals surface area contributed by atoms with Gasteiger partial charge in [0.25, 0.3) is 11.8 Å². The summed E-state index contributed by atoms with van der Waals surface area (Å²) in [6, 6.07) is 6.16. The highest BCUT2D eigenvalue weighted by molar-refractivity contribution is 5.99. The molecule has 7 nitrogen and oxygen atoms in total. The van der Waals surface area contributed by atoms with Crippen molar-refractivity contribution in [2.45, 2.75) is 83.0 Å². The predicted octanol–water partition coefficient (Wildman–Crippen LogP) is 3.94. The molecule has 2 aromatic rings. The van der Waals surface area contributed by atoms with Crippen molar-refractivity contribution < 1.29 is 18.7 Å². The van der Waals surface area contributed by atoms with Crippen LogP contribution < -0.4 is 16.1 Å². The summed E-state index contributed by atoms with van der Waals surface area (Å²) >= 11 is 0. The van der Waals surface area contributed by atoms with E-state index in [0.717, 1.165) is 51.4 Å². The predicted molar refractivity (Wildman–Crippen MR) is 131 cm³/mol. The molecule has 2 fully saturated rings. The minimum absolute atomic E-state index is 0.0207. The van der Waals surface area contributed by atoms with E-state index in [4.69, 9.17) is 4.74 Å². The van der Waals surface area contributed by atoms with E-state index in [9.17, 15) is 18.8 Å². The molecule has 188 valence electrons. The van der Waals surface area contributed by atoms with E-state index in [2.05, 4.69) is 10.6 Å². The third kappa shape index (κ3) is 6.78. The van der Waals surface area contributed by atoms with Crippen LogP contribution in [0.1, 0.15) is 84.1 Å². The molecule has 2 N–H and O–H groups in total. The maximum Gasteiger partial charge on any atom is 0.257 e. The number of carbonyl (C=O) groups is 2. The highest BCUT2D eigenvalue weighted by Crippen LogP contribution is 2.18. The average molecular weight is 484 g/mol. The van der Waals surface area contributed by atoms with E-state index < -0.39 is 23.1 Å². The Morgan fingerprint density at radius 3 is 2.31 bits per heavy atom. The first kappa shape index (κ1) is 25.1. The van der Waals surface area contributed by atoms with Crippen LogP contribution in [0.2, 0.25) is 0 Å². The summed E-state index contributed by atoms with van der Waals surface area (Å²) in [6.07, 6.45) is 12.2. The fourth-order valence-corrected chi connectivity index (χ4v) is 4.86. The van der Waals surface area contributed by atoms with Gasteiger partial charge in [0.15, 0.2) is 0 Å². The summed E-state index contributed by atoms with van der Waals surface area (Å²) < 4.78 is 21.4. The summed E-state index contributed by atoms with van der Waals surface area (Å²) in [4.78, 5) is 39.4. The fraction of sp³-hybridized carbons (Fsp3) is 0.519. The van der Waals surface area contributed by atoms with Crippen molar-refractivity contribution in [1.29, 1.82) is 0 Å². The standard InChI is InChI=1S/C27H34FN3O4/c28-24-13-7-6-9-19(24)15-29-26(33)22-17-31(16-21-12-8-14-35-21)18-23(25(22)32)27(34)30-20-10-4-2-1-3-5-11-20/h6-7,9,13,17-18,20-21H,1-5,8,10-12,14-16H2,(H,29,33)(H,30,34)/t21-/m0/s1. The van der Waals surface area contributed by atoms with E-state index in [-0.39, 0.29) is 29.8 Å². The monoisotopic (exact) mass is 483 g/mol. The molecule has 1 saturated carbocycles. The summed E-state index contributed by atoms with van der Waals surface area (Å²) in [6.45, 7) is 1.06. The maximum absolute atomic E-state index is 14.0. The molecule has 1 aliphatic carbocycles. The van der Waals surface area contributed by atoms with Gasteiger partial charge >= 0.3 is 0 Å². The normalized spacial score (nSPS) is 19.1. The van der Waals surface area contributed by atoms with E-state index in [1.54, 1.807) is 22.8 Å². The van der Waals surface area contributed by atoms with Gasteiger partial charge in [-0.15, -0.1) is 0 Å². The Morgan fingerprint density at radius 2 is 1.63 bits per heavy atom. The van der Waals surface area contributed by atoms with Gasteiger partial charge in [0.1, 0.15) is 16.9 Å². The van der Waals surface area contributed by atoms with E-state index >= 15 is 0 Å². The summed E-state index contributed by atoms with van der Waals surface area (Å²) in [5.41, 5.74) is -0.491. The number of hydrogen-bond acceptors (Lipinski definition) is 4. The molecule has 0 radical (unpaired) electrons. The molecule has 1 aromatic heterocycles. The zero-order chi connectivity index (χ0) is 24.6. The lowest BCUT2D eigenvalue weighted by Crippen LogP contribution is -2.40. The van der Waals surface area contributed by atoms with Gasteiger partial charge in [0.05, 0.1) is 6.10 Å². The van der Waals surface area contributed by atoms with Crippen LogP contribution in [-0.2, 0) is 17.8 Å². The third-order valence-corrected chi connectivity index (χ3v) is 6.84. The minimum Gasteiger partial charge on any atom is -0.376 e. The fourth-order valence-electron chi connectivity index (χ4n) is 4.86. The van der Waals surface area contributed by atoms with E-state index in [0.29, 0.717) is 18.7 Å². The van der Waals surface area contributed by atoms with Crippen molar-refractivity contribution in [3.63, 3.8) is 0 Å². The molecule has 35 heavy (non-hydrogen) atoms. The summed E-state index contributed by atoms with van der Waals surface area (Å²) in [7, 11) is 0. The van der Waals surface area contributed by atoms with Crippen molar-refractivity contribution in [1.82, 2.24) is 15.2 Å². The van der Waals surface area contributed by atoms with E-state index in [1.807, 2.05) is 0 Å². The van der Waals surface area contributed by atoms with Gasteiger partial charge in [0, 0.05) is 43.7 Å². The van der Waals surface area contributed by atoms with Crippen molar-refractivity contribution in [3.05, 3.63) is 69.4 Å². The second-order valence-electron chi connectivity index (χ2n) is 9.54.